The minimum Gasteiger partial charge on any atom is -0.277 e. The zero-order valence-electron chi connectivity index (χ0n) is 11.4. The molecule has 1 saturated heterocycles. The van der Waals surface area contributed by atoms with Gasteiger partial charge in [0.15, 0.2) is 0 Å². The van der Waals surface area contributed by atoms with Crippen molar-refractivity contribution in [2.45, 2.75) is 25.7 Å². The van der Waals surface area contributed by atoms with Crippen LogP contribution in [0.3, 0.4) is 0 Å². The Morgan fingerprint density at radius 3 is 2.52 bits per heavy atom. The van der Waals surface area contributed by atoms with Crippen LogP contribution in [-0.4, -0.2) is 29.3 Å². The molecule has 1 spiro atoms. The molecular weight excluding hydrogens is 275 g/mol. The fraction of sp³-hybridized carbons (Fsp3) is 0.400. The molecule has 110 valence electrons. The third-order valence-corrected chi connectivity index (χ3v) is 4.32. The van der Waals surface area contributed by atoms with Crippen molar-refractivity contribution in [2.75, 3.05) is 6.54 Å². The topological polar surface area (TPSA) is 66.5 Å². The summed E-state index contributed by atoms with van der Waals surface area (Å²) >= 11 is 0. The highest BCUT2D eigenvalue weighted by Crippen LogP contribution is 2.44. The molecule has 4 amide bonds. The molecule has 1 heterocycles. The predicted molar refractivity (Wildman–Crippen MR) is 71.6 cm³/mol. The molecule has 1 aromatic rings. The van der Waals surface area contributed by atoms with Gasteiger partial charge < -0.3 is 0 Å². The van der Waals surface area contributed by atoms with E-state index in [0.717, 1.165) is 11.3 Å². The highest BCUT2D eigenvalue weighted by atomic mass is 19.1. The number of halogens is 1. The molecule has 0 atom stereocenters. The summed E-state index contributed by atoms with van der Waals surface area (Å²) in [7, 11) is 0. The lowest BCUT2D eigenvalue weighted by atomic mass is 9.66. The van der Waals surface area contributed by atoms with E-state index in [-0.39, 0.29) is 18.8 Å². The van der Waals surface area contributed by atoms with E-state index in [0.29, 0.717) is 18.4 Å². The molecule has 1 aliphatic heterocycles. The van der Waals surface area contributed by atoms with Gasteiger partial charge in [-0.25, -0.2) is 9.18 Å². The number of urea groups is 1. The second-order valence-electron chi connectivity index (χ2n) is 5.49. The van der Waals surface area contributed by atoms with Gasteiger partial charge in [0.25, 0.3) is 0 Å². The van der Waals surface area contributed by atoms with Crippen molar-refractivity contribution in [1.29, 1.82) is 0 Å². The van der Waals surface area contributed by atoms with Crippen LogP contribution in [0, 0.1) is 11.2 Å². The van der Waals surface area contributed by atoms with Crippen LogP contribution in [0.4, 0.5) is 9.18 Å². The number of nitrogens with one attached hydrogen (secondary N) is 1. The van der Waals surface area contributed by atoms with Gasteiger partial charge in [-0.15, -0.1) is 0 Å². The number of carbonyl (C=O) groups excluding carboxylic acids is 3. The summed E-state index contributed by atoms with van der Waals surface area (Å²) in [5, 5.41) is 2.24. The van der Waals surface area contributed by atoms with Crippen LogP contribution >= 0.6 is 0 Å². The number of imide groups is 2. The van der Waals surface area contributed by atoms with Gasteiger partial charge in [-0.3, -0.25) is 19.8 Å². The number of barbiturate groups is 1. The number of benzene rings is 1. The van der Waals surface area contributed by atoms with Crippen molar-refractivity contribution < 1.29 is 18.8 Å². The first kappa shape index (κ1) is 13.7. The molecular formula is C15H15FN2O3. The molecule has 2 fully saturated rings. The van der Waals surface area contributed by atoms with Crippen LogP contribution in [0.25, 0.3) is 0 Å². The fourth-order valence-electron chi connectivity index (χ4n) is 2.84. The molecule has 2 aliphatic rings. The molecule has 6 heteroatoms. The van der Waals surface area contributed by atoms with Gasteiger partial charge in [-0.1, -0.05) is 24.6 Å². The van der Waals surface area contributed by atoms with Crippen LogP contribution in [0.5, 0.6) is 0 Å². The molecule has 3 rings (SSSR count). The van der Waals surface area contributed by atoms with Gasteiger partial charge in [-0.2, -0.15) is 0 Å². The molecule has 21 heavy (non-hydrogen) atoms. The highest BCUT2D eigenvalue weighted by Gasteiger charge is 2.57. The zero-order chi connectivity index (χ0) is 15.0. The maximum Gasteiger partial charge on any atom is 0.330 e. The first-order chi connectivity index (χ1) is 10.0. The van der Waals surface area contributed by atoms with Crippen molar-refractivity contribution in [3.8, 4) is 0 Å². The van der Waals surface area contributed by atoms with Crippen molar-refractivity contribution in [3.63, 3.8) is 0 Å². The summed E-state index contributed by atoms with van der Waals surface area (Å²) in [5.41, 5.74) is -0.624. The van der Waals surface area contributed by atoms with E-state index in [1.54, 1.807) is 18.2 Å². The number of rotatable bonds is 3. The summed E-state index contributed by atoms with van der Waals surface area (Å²) in [6.07, 6.45) is 1.98. The Bertz CT molecular complexity index is 625. The second kappa shape index (κ2) is 4.95. The predicted octanol–water partition coefficient (Wildman–Crippen LogP) is 1.62. The minimum atomic E-state index is -1.07. The van der Waals surface area contributed by atoms with Crippen molar-refractivity contribution in [1.82, 2.24) is 10.2 Å². The molecule has 0 aromatic heterocycles. The lowest BCUT2D eigenvalue weighted by molar-refractivity contribution is -0.157. The van der Waals surface area contributed by atoms with E-state index >= 15 is 0 Å². The molecule has 1 aromatic carbocycles. The van der Waals surface area contributed by atoms with Gasteiger partial charge in [0.1, 0.15) is 11.2 Å². The molecule has 0 bridgehead atoms. The summed E-state index contributed by atoms with van der Waals surface area (Å²) in [6.45, 7) is 0.0701. The van der Waals surface area contributed by atoms with Crippen LogP contribution < -0.4 is 5.32 Å². The monoisotopic (exact) mass is 290 g/mol. The van der Waals surface area contributed by atoms with E-state index in [2.05, 4.69) is 5.32 Å². The van der Waals surface area contributed by atoms with Gasteiger partial charge in [0.05, 0.1) is 0 Å². The maximum absolute atomic E-state index is 13.6. The summed E-state index contributed by atoms with van der Waals surface area (Å²) in [4.78, 5) is 37.1. The standard InChI is InChI=1S/C15H15FN2O3/c16-11-5-2-1-4-10(11)6-9-18-13(20)15(7-3-8-15)12(19)17-14(18)21/h1-2,4-5H,3,6-9H2,(H,17,19,21). The zero-order valence-corrected chi connectivity index (χ0v) is 11.4. The highest BCUT2D eigenvalue weighted by molar-refractivity contribution is 6.19. The van der Waals surface area contributed by atoms with Crippen LogP contribution in [-0.2, 0) is 16.0 Å². The van der Waals surface area contributed by atoms with Gasteiger partial charge in [0, 0.05) is 6.54 Å². The lowest BCUT2D eigenvalue weighted by Crippen LogP contribution is -2.66. The van der Waals surface area contributed by atoms with Gasteiger partial charge >= 0.3 is 6.03 Å². The summed E-state index contributed by atoms with van der Waals surface area (Å²) in [6, 6.07) is 5.53. The Morgan fingerprint density at radius 2 is 1.90 bits per heavy atom. The van der Waals surface area contributed by atoms with Gasteiger partial charge in [-0.05, 0) is 30.9 Å². The average molecular weight is 290 g/mol. The summed E-state index contributed by atoms with van der Waals surface area (Å²) < 4.78 is 13.6. The number of nitrogens with zero attached hydrogens (tertiary/aromatic N) is 1. The third-order valence-electron chi connectivity index (χ3n) is 4.32. The SMILES string of the molecule is O=C1NC(=O)C2(CCC2)C(=O)N1CCc1ccccc1F. The van der Waals surface area contributed by atoms with E-state index in [4.69, 9.17) is 0 Å². The molecule has 0 radical (unpaired) electrons. The largest absolute Gasteiger partial charge is 0.330 e. The first-order valence-corrected chi connectivity index (χ1v) is 6.95. The van der Waals surface area contributed by atoms with Crippen LogP contribution in [0.2, 0.25) is 0 Å². The molecule has 0 unspecified atom stereocenters. The molecule has 1 saturated carbocycles. The van der Waals surface area contributed by atoms with E-state index in [9.17, 15) is 18.8 Å². The fourth-order valence-corrected chi connectivity index (χ4v) is 2.84. The minimum absolute atomic E-state index is 0.0701. The van der Waals surface area contributed by atoms with E-state index in [1.807, 2.05) is 0 Å². The number of hydrogen-bond donors (Lipinski definition) is 1. The number of amides is 4. The maximum atomic E-state index is 13.6. The molecule has 5 nitrogen and oxygen atoms in total. The van der Waals surface area contributed by atoms with E-state index < -0.39 is 23.3 Å². The molecule has 1 N–H and O–H groups in total. The Morgan fingerprint density at radius 1 is 1.19 bits per heavy atom. The average Bonchev–Trinajstić information content (AvgIpc) is 2.38. The summed E-state index contributed by atoms with van der Waals surface area (Å²) in [5.74, 6) is -1.30. The Balaban J connectivity index is 1.75. The van der Waals surface area contributed by atoms with Crippen LogP contribution in [0.1, 0.15) is 24.8 Å². The Labute approximate surface area is 121 Å². The second-order valence-corrected chi connectivity index (χ2v) is 5.49. The molecule has 1 aliphatic carbocycles. The third kappa shape index (κ3) is 2.11. The van der Waals surface area contributed by atoms with Gasteiger partial charge in [0.2, 0.25) is 11.8 Å². The quantitative estimate of drug-likeness (QED) is 0.860. The lowest BCUT2D eigenvalue weighted by Gasteiger charge is -2.44. The smallest absolute Gasteiger partial charge is 0.277 e. The van der Waals surface area contributed by atoms with Crippen LogP contribution in [0.15, 0.2) is 24.3 Å². The van der Waals surface area contributed by atoms with E-state index in [1.165, 1.54) is 6.07 Å². The number of hydrogen-bond acceptors (Lipinski definition) is 3. The first-order valence-electron chi connectivity index (χ1n) is 6.95. The number of carbonyl (C=O) groups is 3. The Kier molecular flexibility index (Phi) is 3.23. The normalized spacial score (nSPS) is 20.4. The van der Waals surface area contributed by atoms with Crippen molar-refractivity contribution in [3.05, 3.63) is 35.6 Å². The Hall–Kier alpha value is -2.24. The van der Waals surface area contributed by atoms with Crippen molar-refractivity contribution >= 4 is 17.8 Å². The van der Waals surface area contributed by atoms with Crippen molar-refractivity contribution in [2.24, 2.45) is 5.41 Å².